The normalized spacial score (nSPS) is 19.9. The highest BCUT2D eigenvalue weighted by atomic mass is 19.1. The van der Waals surface area contributed by atoms with Crippen LogP contribution in [0.15, 0.2) is 36.4 Å². The van der Waals surface area contributed by atoms with Gasteiger partial charge in [-0.05, 0) is 68.4 Å². The Labute approximate surface area is 178 Å². The van der Waals surface area contributed by atoms with E-state index in [9.17, 15) is 9.18 Å². The summed E-state index contributed by atoms with van der Waals surface area (Å²) in [7, 11) is 0. The summed E-state index contributed by atoms with van der Waals surface area (Å²) in [6, 6.07) is 11.1. The van der Waals surface area contributed by atoms with Gasteiger partial charge in [0.25, 0.3) is 0 Å². The Morgan fingerprint density at radius 3 is 2.73 bits per heavy atom. The van der Waals surface area contributed by atoms with Crippen molar-refractivity contribution >= 4 is 5.91 Å². The van der Waals surface area contributed by atoms with Gasteiger partial charge in [0.2, 0.25) is 5.91 Å². The predicted octanol–water partition coefficient (Wildman–Crippen LogP) is 4.79. The van der Waals surface area contributed by atoms with Gasteiger partial charge in [-0.25, -0.2) is 4.39 Å². The van der Waals surface area contributed by atoms with Crippen LogP contribution in [0, 0.1) is 12.7 Å². The van der Waals surface area contributed by atoms with Gasteiger partial charge in [-0.2, -0.15) is 0 Å². The smallest absolute Gasteiger partial charge is 0.222 e. The maximum absolute atomic E-state index is 14.1. The van der Waals surface area contributed by atoms with E-state index in [0.29, 0.717) is 24.3 Å². The van der Waals surface area contributed by atoms with Gasteiger partial charge in [0.15, 0.2) is 0 Å². The van der Waals surface area contributed by atoms with Crippen molar-refractivity contribution in [2.24, 2.45) is 0 Å². The van der Waals surface area contributed by atoms with Gasteiger partial charge in [0, 0.05) is 49.8 Å². The van der Waals surface area contributed by atoms with Gasteiger partial charge in [-0.15, -0.1) is 0 Å². The van der Waals surface area contributed by atoms with Gasteiger partial charge < -0.3 is 9.64 Å². The Kier molecular flexibility index (Phi) is 6.78. The van der Waals surface area contributed by atoms with E-state index < -0.39 is 0 Å². The second-order valence-corrected chi connectivity index (χ2v) is 8.64. The topological polar surface area (TPSA) is 42.4 Å². The number of piperidine rings is 1. The fourth-order valence-electron chi connectivity index (χ4n) is 4.68. The number of halogens is 1. The summed E-state index contributed by atoms with van der Waals surface area (Å²) in [5, 5.41) is 0. The molecule has 0 saturated carbocycles. The fourth-order valence-corrected chi connectivity index (χ4v) is 4.68. The lowest BCUT2D eigenvalue weighted by Crippen LogP contribution is -2.38. The molecule has 160 valence electrons. The number of aromatic nitrogens is 1. The lowest BCUT2D eigenvalue weighted by molar-refractivity contribution is -0.132. The summed E-state index contributed by atoms with van der Waals surface area (Å²) in [5.74, 6) is 0.441. The average molecular weight is 411 g/mol. The van der Waals surface area contributed by atoms with Crippen molar-refractivity contribution < 1.29 is 13.9 Å². The van der Waals surface area contributed by atoms with Gasteiger partial charge in [-0.1, -0.05) is 18.2 Å². The highest BCUT2D eigenvalue weighted by Gasteiger charge is 2.26. The maximum atomic E-state index is 14.1. The minimum absolute atomic E-state index is 0.164. The molecule has 3 heterocycles. The number of carbonyl (C=O) groups excluding carboxylic acids is 1. The Morgan fingerprint density at radius 2 is 2.00 bits per heavy atom. The first kappa shape index (κ1) is 21.0. The lowest BCUT2D eigenvalue weighted by atomic mass is 9.91. The number of benzene rings is 1. The molecule has 1 aromatic carbocycles. The zero-order valence-electron chi connectivity index (χ0n) is 17.8. The SMILES string of the molecule is Cc1cc(Cc2ccccc2F)cc(C2CCN(C(=O)CC[C@@H]3CCCO3)CC2)n1. The molecular weight excluding hydrogens is 379 g/mol. The quantitative estimate of drug-likeness (QED) is 0.688. The summed E-state index contributed by atoms with van der Waals surface area (Å²) in [6.07, 6.45) is 6.35. The maximum Gasteiger partial charge on any atom is 0.222 e. The largest absolute Gasteiger partial charge is 0.378 e. The summed E-state index contributed by atoms with van der Waals surface area (Å²) in [6.45, 7) is 4.41. The van der Waals surface area contributed by atoms with Crippen molar-refractivity contribution in [3.8, 4) is 0 Å². The Morgan fingerprint density at radius 1 is 1.20 bits per heavy atom. The van der Waals surface area contributed by atoms with E-state index in [0.717, 1.165) is 68.8 Å². The van der Waals surface area contributed by atoms with Crippen molar-refractivity contribution in [2.75, 3.05) is 19.7 Å². The highest BCUT2D eigenvalue weighted by Crippen LogP contribution is 2.29. The molecule has 2 aliphatic heterocycles. The van der Waals surface area contributed by atoms with Crippen molar-refractivity contribution in [1.29, 1.82) is 0 Å². The standard InChI is InChI=1S/C25H31FN2O2/c1-18-15-19(16-21-5-2-3-7-23(21)26)17-24(27-18)20-10-12-28(13-11-20)25(29)9-8-22-6-4-14-30-22/h2-3,5,7,15,17,20,22H,4,6,8-14,16H2,1H3/t22-/m0/s1. The van der Waals surface area contributed by atoms with Crippen LogP contribution >= 0.6 is 0 Å². The molecule has 2 fully saturated rings. The summed E-state index contributed by atoms with van der Waals surface area (Å²) < 4.78 is 19.7. The predicted molar refractivity (Wildman–Crippen MR) is 115 cm³/mol. The molecule has 0 radical (unpaired) electrons. The van der Waals surface area contributed by atoms with Crippen molar-refractivity contribution in [1.82, 2.24) is 9.88 Å². The number of aryl methyl sites for hydroxylation is 1. The number of ether oxygens (including phenoxy) is 1. The summed E-state index contributed by atoms with van der Waals surface area (Å²) >= 11 is 0. The van der Waals surface area contributed by atoms with E-state index in [4.69, 9.17) is 9.72 Å². The first-order valence-corrected chi connectivity index (χ1v) is 11.2. The molecular formula is C25H31FN2O2. The van der Waals surface area contributed by atoms with Crippen LogP contribution in [0.25, 0.3) is 0 Å². The molecule has 5 heteroatoms. The van der Waals surface area contributed by atoms with Gasteiger partial charge in [-0.3, -0.25) is 9.78 Å². The molecule has 2 aliphatic rings. The number of nitrogens with zero attached hydrogens (tertiary/aromatic N) is 2. The summed E-state index contributed by atoms with van der Waals surface area (Å²) in [5.41, 5.74) is 3.85. The molecule has 1 atom stereocenters. The van der Waals surface area contributed by atoms with E-state index in [1.807, 2.05) is 30.0 Å². The van der Waals surface area contributed by atoms with Crippen LogP contribution in [0.1, 0.15) is 67.0 Å². The molecule has 0 unspecified atom stereocenters. The van der Waals surface area contributed by atoms with Crippen LogP contribution in [0.5, 0.6) is 0 Å². The zero-order chi connectivity index (χ0) is 20.9. The molecule has 0 N–H and O–H groups in total. The second kappa shape index (κ2) is 9.69. The fraction of sp³-hybridized carbons (Fsp3) is 0.520. The molecule has 1 amide bonds. The minimum atomic E-state index is -0.164. The Bertz CT molecular complexity index is 871. The Hall–Kier alpha value is -2.27. The van der Waals surface area contributed by atoms with Crippen LogP contribution in [-0.4, -0.2) is 41.6 Å². The third-order valence-corrected chi connectivity index (χ3v) is 6.36. The van der Waals surface area contributed by atoms with Crippen molar-refractivity contribution in [2.45, 2.75) is 63.9 Å². The third-order valence-electron chi connectivity index (χ3n) is 6.36. The van der Waals surface area contributed by atoms with E-state index in [-0.39, 0.29) is 17.8 Å². The first-order valence-electron chi connectivity index (χ1n) is 11.2. The molecule has 2 saturated heterocycles. The molecule has 4 rings (SSSR count). The molecule has 4 nitrogen and oxygen atoms in total. The number of likely N-dealkylation sites (tertiary alicyclic amines) is 1. The van der Waals surface area contributed by atoms with E-state index in [2.05, 4.69) is 6.07 Å². The van der Waals surface area contributed by atoms with E-state index >= 15 is 0 Å². The third kappa shape index (κ3) is 5.25. The first-order chi connectivity index (χ1) is 14.6. The molecule has 30 heavy (non-hydrogen) atoms. The van der Waals surface area contributed by atoms with Crippen LogP contribution in [-0.2, 0) is 16.0 Å². The van der Waals surface area contributed by atoms with E-state index in [1.54, 1.807) is 6.07 Å². The van der Waals surface area contributed by atoms with Gasteiger partial charge >= 0.3 is 0 Å². The molecule has 0 bridgehead atoms. The van der Waals surface area contributed by atoms with Crippen LogP contribution in [0.3, 0.4) is 0 Å². The van der Waals surface area contributed by atoms with Crippen molar-refractivity contribution in [3.05, 3.63) is 64.7 Å². The van der Waals surface area contributed by atoms with Gasteiger partial charge in [0.05, 0.1) is 6.10 Å². The number of hydrogen-bond acceptors (Lipinski definition) is 3. The molecule has 0 aliphatic carbocycles. The number of amides is 1. The summed E-state index contributed by atoms with van der Waals surface area (Å²) in [4.78, 5) is 19.3. The minimum Gasteiger partial charge on any atom is -0.378 e. The van der Waals surface area contributed by atoms with Crippen LogP contribution in [0.4, 0.5) is 4.39 Å². The monoisotopic (exact) mass is 410 g/mol. The zero-order valence-corrected chi connectivity index (χ0v) is 17.8. The lowest BCUT2D eigenvalue weighted by Gasteiger charge is -2.32. The van der Waals surface area contributed by atoms with Gasteiger partial charge in [0.1, 0.15) is 5.82 Å². The number of rotatable bonds is 6. The Balaban J connectivity index is 1.34. The van der Waals surface area contributed by atoms with E-state index in [1.165, 1.54) is 6.07 Å². The number of pyridine rings is 1. The number of hydrogen-bond donors (Lipinski definition) is 0. The number of carbonyl (C=O) groups is 1. The average Bonchev–Trinajstić information content (AvgIpc) is 3.27. The van der Waals surface area contributed by atoms with Crippen LogP contribution < -0.4 is 0 Å². The second-order valence-electron chi connectivity index (χ2n) is 8.64. The highest BCUT2D eigenvalue weighted by molar-refractivity contribution is 5.76. The van der Waals surface area contributed by atoms with Crippen molar-refractivity contribution in [3.63, 3.8) is 0 Å². The molecule has 1 aromatic heterocycles. The molecule has 2 aromatic rings. The van der Waals surface area contributed by atoms with Crippen LogP contribution in [0.2, 0.25) is 0 Å². The molecule has 0 spiro atoms.